The smallest absolute Gasteiger partial charge is 0.239 e. The predicted octanol–water partition coefficient (Wildman–Crippen LogP) is 7.30. The zero-order chi connectivity index (χ0) is 34.3. The Bertz CT molecular complexity index is 2070. The van der Waals surface area contributed by atoms with E-state index in [1.54, 1.807) is 12.1 Å². The first-order valence-electron chi connectivity index (χ1n) is 17.6. The van der Waals surface area contributed by atoms with E-state index in [1.807, 2.05) is 17.0 Å². The zero-order valence-electron chi connectivity index (χ0n) is 28.2. The molecule has 0 bridgehead atoms. The van der Waals surface area contributed by atoms with E-state index >= 15 is 0 Å². The first kappa shape index (κ1) is 30.8. The van der Waals surface area contributed by atoms with Gasteiger partial charge in [-0.3, -0.25) is 0 Å². The Hall–Kier alpha value is -6.24. The van der Waals surface area contributed by atoms with Gasteiger partial charge in [-0.05, 0) is 87.1 Å². The number of guanidine groups is 2. The standard InChI is InChI=1S/C38H39N11O2/c39-33-11-13-35(50-33)43-29-19-24(47-15-3-1-4-16-47)7-9-27(29)31-21-26-22-32(46-38-42-23-41-37(45-31)49(26)38)28-10-8-25(48-17-5-2-6-18-48)20-30(28)44-36-14-12-34(40)51-36/h7-14,19-23,43-44H,1-6,15-18,39-40H2. The zero-order valence-corrected chi connectivity index (χ0v) is 28.2. The summed E-state index contributed by atoms with van der Waals surface area (Å²) in [6, 6.07) is 20.0. The number of hydrogen-bond donors (Lipinski definition) is 4. The first-order valence-corrected chi connectivity index (χ1v) is 17.6. The van der Waals surface area contributed by atoms with Crippen molar-refractivity contribution in [3.05, 3.63) is 89.6 Å². The van der Waals surface area contributed by atoms with Gasteiger partial charge in [0.15, 0.2) is 23.5 Å². The Morgan fingerprint density at radius 3 is 1.78 bits per heavy atom. The van der Waals surface area contributed by atoms with E-state index < -0.39 is 0 Å². The van der Waals surface area contributed by atoms with Crippen LogP contribution in [-0.2, 0) is 0 Å². The number of benzene rings is 2. The molecule has 5 aliphatic heterocycles. The van der Waals surface area contributed by atoms with Crippen LogP contribution in [0.3, 0.4) is 0 Å². The lowest BCUT2D eigenvalue weighted by molar-refractivity contribution is 0.578. The van der Waals surface area contributed by atoms with Gasteiger partial charge >= 0.3 is 0 Å². The minimum absolute atomic E-state index is 0.342. The second kappa shape index (κ2) is 12.9. The minimum Gasteiger partial charge on any atom is -0.425 e. The minimum atomic E-state index is 0.342. The second-order valence-electron chi connectivity index (χ2n) is 13.2. The van der Waals surface area contributed by atoms with Gasteiger partial charge in [0, 0.05) is 72.9 Å². The molecule has 2 aromatic heterocycles. The normalized spacial score (nSPS) is 18.4. The molecule has 5 aliphatic rings. The van der Waals surface area contributed by atoms with Gasteiger partial charge in [-0.2, -0.15) is 0 Å². The molecule has 0 radical (unpaired) electrons. The molecule has 13 heteroatoms. The monoisotopic (exact) mass is 681 g/mol. The predicted molar refractivity (Wildman–Crippen MR) is 206 cm³/mol. The summed E-state index contributed by atoms with van der Waals surface area (Å²) in [5.74, 6) is 2.77. The van der Waals surface area contributed by atoms with Crippen LogP contribution in [0.2, 0.25) is 0 Å². The number of rotatable bonds is 8. The van der Waals surface area contributed by atoms with E-state index in [9.17, 15) is 0 Å². The number of hydrogen-bond acceptors (Lipinski definition) is 13. The highest BCUT2D eigenvalue weighted by molar-refractivity contribution is 6.24. The van der Waals surface area contributed by atoms with Gasteiger partial charge in [-0.1, -0.05) is 0 Å². The summed E-state index contributed by atoms with van der Waals surface area (Å²) in [4.78, 5) is 25.9. The number of piperidine rings is 2. The lowest BCUT2D eigenvalue weighted by Gasteiger charge is -2.33. The maximum atomic E-state index is 5.93. The molecular weight excluding hydrogens is 642 g/mol. The third-order valence-electron chi connectivity index (χ3n) is 9.78. The van der Waals surface area contributed by atoms with Gasteiger partial charge in [-0.15, -0.1) is 0 Å². The SMILES string of the molecule is Nc1ccc(Nc2cc(N3CCCCC3)ccc2C2=CC3=CC(c4ccc(N5CCCCC5)cc4Nc4ccc(N)o4)=NC4=NC=NC(=N2)N34)o1. The molecule has 2 aromatic carbocycles. The third kappa shape index (κ3) is 6.11. The molecule has 6 N–H and O–H groups in total. The van der Waals surface area contributed by atoms with Crippen LogP contribution >= 0.6 is 0 Å². The van der Waals surface area contributed by atoms with Crippen LogP contribution in [0, 0.1) is 0 Å². The van der Waals surface area contributed by atoms with E-state index in [4.69, 9.17) is 30.3 Å². The number of nitrogens with two attached hydrogens (primary N) is 2. The van der Waals surface area contributed by atoms with Crippen LogP contribution in [0.5, 0.6) is 0 Å². The van der Waals surface area contributed by atoms with Crippen molar-refractivity contribution in [2.75, 3.05) is 58.1 Å². The fourth-order valence-corrected chi connectivity index (χ4v) is 7.25. The highest BCUT2D eigenvalue weighted by atomic mass is 16.4. The molecular formula is C38H39N11O2. The van der Waals surface area contributed by atoms with Crippen molar-refractivity contribution in [2.45, 2.75) is 38.5 Å². The average Bonchev–Trinajstić information content (AvgIpc) is 3.78. The Labute approximate surface area is 295 Å². The average molecular weight is 682 g/mol. The van der Waals surface area contributed by atoms with Gasteiger partial charge in [0.05, 0.1) is 28.5 Å². The van der Waals surface area contributed by atoms with Gasteiger partial charge in [0.1, 0.15) is 6.34 Å². The van der Waals surface area contributed by atoms with Crippen LogP contribution in [0.4, 0.5) is 46.3 Å². The Morgan fingerprint density at radius 2 is 1.20 bits per heavy atom. The topological polar surface area (TPSA) is 162 Å². The molecule has 51 heavy (non-hydrogen) atoms. The summed E-state index contributed by atoms with van der Waals surface area (Å²) in [5, 5.41) is 6.93. The lowest BCUT2D eigenvalue weighted by atomic mass is 10.0. The molecule has 0 amide bonds. The maximum Gasteiger partial charge on any atom is 0.239 e. The first-order chi connectivity index (χ1) is 25.0. The molecule has 7 heterocycles. The van der Waals surface area contributed by atoms with Gasteiger partial charge in [0.25, 0.3) is 0 Å². The van der Waals surface area contributed by atoms with Gasteiger partial charge < -0.3 is 40.7 Å². The molecule has 9 rings (SSSR count). The van der Waals surface area contributed by atoms with Crippen molar-refractivity contribution in [3.8, 4) is 0 Å². The highest BCUT2D eigenvalue weighted by Gasteiger charge is 2.32. The number of anilines is 8. The lowest BCUT2D eigenvalue weighted by Crippen LogP contribution is -2.40. The quantitative estimate of drug-likeness (QED) is 0.150. The molecule has 2 saturated heterocycles. The molecule has 258 valence electrons. The number of nitrogens with one attached hydrogen (secondary N) is 2. The van der Waals surface area contributed by atoms with Gasteiger partial charge in [0.2, 0.25) is 11.9 Å². The van der Waals surface area contributed by atoms with E-state index in [0.717, 1.165) is 77.2 Å². The van der Waals surface area contributed by atoms with E-state index in [0.29, 0.717) is 35.5 Å². The fourth-order valence-electron chi connectivity index (χ4n) is 7.25. The van der Waals surface area contributed by atoms with E-state index in [-0.39, 0.29) is 0 Å². The number of aliphatic imine (C=N–C) groups is 4. The molecule has 0 saturated carbocycles. The van der Waals surface area contributed by atoms with Crippen LogP contribution in [0.1, 0.15) is 49.7 Å². The third-order valence-corrected chi connectivity index (χ3v) is 9.78. The molecule has 0 unspecified atom stereocenters. The molecule has 0 spiro atoms. The van der Waals surface area contributed by atoms with Crippen LogP contribution in [0.15, 0.2) is 107 Å². The van der Waals surface area contributed by atoms with Crippen molar-refractivity contribution in [1.82, 2.24) is 4.90 Å². The number of furan rings is 2. The Kier molecular flexibility index (Phi) is 7.79. The largest absolute Gasteiger partial charge is 0.425 e. The molecule has 4 aromatic rings. The van der Waals surface area contributed by atoms with Crippen LogP contribution < -0.4 is 31.9 Å². The molecule has 0 atom stereocenters. The summed E-state index contributed by atoms with van der Waals surface area (Å²) in [6.07, 6.45) is 12.9. The van der Waals surface area contributed by atoms with Crippen molar-refractivity contribution in [2.24, 2.45) is 20.0 Å². The van der Waals surface area contributed by atoms with Crippen LogP contribution in [-0.4, -0.2) is 55.0 Å². The molecule has 0 aliphatic carbocycles. The maximum absolute atomic E-state index is 5.93. The second-order valence-corrected chi connectivity index (χ2v) is 13.2. The summed E-state index contributed by atoms with van der Waals surface area (Å²) >= 11 is 0. The highest BCUT2D eigenvalue weighted by Crippen LogP contribution is 2.38. The fraction of sp³-hybridized carbons (Fsp3) is 0.263. The van der Waals surface area contributed by atoms with Crippen LogP contribution in [0.25, 0.3) is 5.70 Å². The summed E-state index contributed by atoms with van der Waals surface area (Å²) in [6.45, 7) is 4.12. The van der Waals surface area contributed by atoms with Crippen molar-refractivity contribution < 1.29 is 8.83 Å². The summed E-state index contributed by atoms with van der Waals surface area (Å²) in [7, 11) is 0. The number of allylic oxidation sites excluding steroid dienone is 2. The van der Waals surface area contributed by atoms with Crippen molar-refractivity contribution in [1.29, 1.82) is 0 Å². The van der Waals surface area contributed by atoms with Crippen molar-refractivity contribution >= 4 is 76.0 Å². The van der Waals surface area contributed by atoms with E-state index in [1.165, 1.54) is 44.9 Å². The summed E-state index contributed by atoms with van der Waals surface area (Å²) < 4.78 is 11.5. The summed E-state index contributed by atoms with van der Waals surface area (Å²) in [5.41, 5.74) is 20.0. The van der Waals surface area contributed by atoms with Crippen molar-refractivity contribution in [3.63, 3.8) is 0 Å². The number of nitrogens with zero attached hydrogens (tertiary/aromatic N) is 7. The molecule has 2 fully saturated rings. The Morgan fingerprint density at radius 1 is 0.608 bits per heavy atom. The molecule has 13 nitrogen and oxygen atoms in total. The Balaban J connectivity index is 1.12. The van der Waals surface area contributed by atoms with Gasteiger partial charge in [-0.25, -0.2) is 24.9 Å². The van der Waals surface area contributed by atoms with E-state index in [2.05, 4.69) is 79.0 Å². The number of nitrogen functional groups attached to an aromatic ring is 2.